The molecule has 1 unspecified atom stereocenters. The van der Waals surface area contributed by atoms with E-state index in [2.05, 4.69) is 10.3 Å². The van der Waals surface area contributed by atoms with Crippen molar-refractivity contribution in [3.05, 3.63) is 24.0 Å². The molecule has 0 fully saturated rings. The van der Waals surface area contributed by atoms with Crippen LogP contribution in [0.5, 0.6) is 0 Å². The number of oxazole rings is 1. The van der Waals surface area contributed by atoms with Crippen LogP contribution in [0, 0.1) is 5.82 Å². The molecule has 15 heavy (non-hydrogen) atoms. The molecule has 80 valence electrons. The van der Waals surface area contributed by atoms with Crippen molar-refractivity contribution in [1.82, 2.24) is 4.98 Å². The standard InChI is InChI=1S/C10H12FN3O/c1-6(12)5-13-10-14-9-7(11)3-2-4-8(9)15-10/h2-4,6H,5,12H2,1H3,(H,13,14). The van der Waals surface area contributed by atoms with Gasteiger partial charge in [0.25, 0.3) is 6.01 Å². The number of nitrogens with one attached hydrogen (secondary N) is 1. The van der Waals surface area contributed by atoms with Crippen LogP contribution in [0.4, 0.5) is 10.4 Å². The predicted molar refractivity (Wildman–Crippen MR) is 56.1 cm³/mol. The van der Waals surface area contributed by atoms with Gasteiger partial charge in [0.1, 0.15) is 5.52 Å². The Kier molecular flexibility index (Phi) is 2.55. The largest absolute Gasteiger partial charge is 0.423 e. The summed E-state index contributed by atoms with van der Waals surface area (Å²) in [7, 11) is 0. The molecule has 4 nitrogen and oxygen atoms in total. The van der Waals surface area contributed by atoms with Crippen LogP contribution in [-0.2, 0) is 0 Å². The van der Waals surface area contributed by atoms with Crippen molar-refractivity contribution in [2.45, 2.75) is 13.0 Å². The van der Waals surface area contributed by atoms with Crippen molar-refractivity contribution in [3.63, 3.8) is 0 Å². The maximum atomic E-state index is 13.2. The van der Waals surface area contributed by atoms with Crippen LogP contribution in [0.25, 0.3) is 11.1 Å². The number of nitrogens with two attached hydrogens (primary N) is 1. The van der Waals surface area contributed by atoms with Gasteiger partial charge in [-0.3, -0.25) is 0 Å². The van der Waals surface area contributed by atoms with Crippen LogP contribution >= 0.6 is 0 Å². The van der Waals surface area contributed by atoms with E-state index in [1.807, 2.05) is 6.92 Å². The molecule has 5 heteroatoms. The Balaban J connectivity index is 2.27. The molecule has 2 aromatic rings. The SMILES string of the molecule is CC(N)CNc1nc2c(F)cccc2o1. The van der Waals surface area contributed by atoms with Crippen LogP contribution < -0.4 is 11.1 Å². The summed E-state index contributed by atoms with van der Waals surface area (Å²) in [6.07, 6.45) is 0. The maximum absolute atomic E-state index is 13.2. The normalized spacial score (nSPS) is 13.0. The van der Waals surface area contributed by atoms with Gasteiger partial charge in [-0.1, -0.05) is 6.07 Å². The van der Waals surface area contributed by atoms with E-state index in [9.17, 15) is 4.39 Å². The molecular weight excluding hydrogens is 197 g/mol. The molecule has 1 atom stereocenters. The molecule has 0 spiro atoms. The maximum Gasteiger partial charge on any atom is 0.295 e. The van der Waals surface area contributed by atoms with Gasteiger partial charge < -0.3 is 15.5 Å². The highest BCUT2D eigenvalue weighted by molar-refractivity contribution is 5.74. The Morgan fingerprint density at radius 2 is 2.40 bits per heavy atom. The van der Waals surface area contributed by atoms with E-state index in [1.54, 1.807) is 12.1 Å². The molecule has 1 aromatic heterocycles. The van der Waals surface area contributed by atoms with E-state index in [1.165, 1.54) is 6.07 Å². The van der Waals surface area contributed by atoms with Crippen LogP contribution in [-0.4, -0.2) is 17.6 Å². The second-order valence-corrected chi connectivity index (χ2v) is 3.46. The van der Waals surface area contributed by atoms with Gasteiger partial charge in [-0.05, 0) is 19.1 Å². The van der Waals surface area contributed by atoms with Gasteiger partial charge in [0.2, 0.25) is 0 Å². The number of rotatable bonds is 3. The van der Waals surface area contributed by atoms with Crippen LogP contribution in [0.15, 0.2) is 22.6 Å². The fourth-order valence-electron chi connectivity index (χ4n) is 1.24. The molecule has 0 radical (unpaired) electrons. The molecule has 0 aliphatic rings. The number of hydrogen-bond acceptors (Lipinski definition) is 4. The summed E-state index contributed by atoms with van der Waals surface area (Å²) in [6.45, 7) is 2.39. The van der Waals surface area contributed by atoms with Crippen molar-refractivity contribution in [1.29, 1.82) is 0 Å². The van der Waals surface area contributed by atoms with Gasteiger partial charge >= 0.3 is 0 Å². The first-order valence-electron chi connectivity index (χ1n) is 4.71. The highest BCUT2D eigenvalue weighted by atomic mass is 19.1. The summed E-state index contributed by atoms with van der Waals surface area (Å²) in [6, 6.07) is 4.89. The summed E-state index contributed by atoms with van der Waals surface area (Å²) >= 11 is 0. The number of nitrogens with zero attached hydrogens (tertiary/aromatic N) is 1. The molecule has 0 saturated carbocycles. The fourth-order valence-corrected chi connectivity index (χ4v) is 1.24. The summed E-state index contributed by atoms with van der Waals surface area (Å²) in [4.78, 5) is 3.98. The Bertz CT molecular complexity index is 467. The third-order valence-corrected chi connectivity index (χ3v) is 1.95. The van der Waals surface area contributed by atoms with Gasteiger partial charge in [-0.15, -0.1) is 0 Å². The van der Waals surface area contributed by atoms with E-state index in [-0.39, 0.29) is 17.4 Å². The van der Waals surface area contributed by atoms with Crippen molar-refractivity contribution < 1.29 is 8.81 Å². The first-order chi connectivity index (χ1) is 7.16. The highest BCUT2D eigenvalue weighted by Gasteiger charge is 2.09. The second-order valence-electron chi connectivity index (χ2n) is 3.46. The Hall–Kier alpha value is -1.62. The Labute approximate surface area is 86.3 Å². The van der Waals surface area contributed by atoms with E-state index in [0.717, 1.165) is 0 Å². The smallest absolute Gasteiger partial charge is 0.295 e. The van der Waals surface area contributed by atoms with Crippen molar-refractivity contribution in [3.8, 4) is 0 Å². The van der Waals surface area contributed by atoms with Gasteiger partial charge in [0.05, 0.1) is 0 Å². The highest BCUT2D eigenvalue weighted by Crippen LogP contribution is 2.20. The molecular formula is C10H12FN3O. The fraction of sp³-hybridized carbons (Fsp3) is 0.300. The van der Waals surface area contributed by atoms with Gasteiger partial charge in [-0.2, -0.15) is 4.98 Å². The van der Waals surface area contributed by atoms with E-state index in [0.29, 0.717) is 18.1 Å². The molecule has 3 N–H and O–H groups in total. The van der Waals surface area contributed by atoms with E-state index in [4.69, 9.17) is 10.2 Å². The minimum atomic E-state index is -0.384. The first-order valence-corrected chi connectivity index (χ1v) is 4.71. The molecule has 1 heterocycles. The lowest BCUT2D eigenvalue weighted by atomic mass is 10.3. The number of benzene rings is 1. The molecule has 0 bridgehead atoms. The number of para-hydroxylation sites is 1. The minimum absolute atomic E-state index is 0.00939. The monoisotopic (exact) mass is 209 g/mol. The van der Waals surface area contributed by atoms with Crippen molar-refractivity contribution >= 4 is 17.1 Å². The average Bonchev–Trinajstić information content (AvgIpc) is 2.59. The summed E-state index contributed by atoms with van der Waals surface area (Å²) in [5, 5.41) is 2.89. The average molecular weight is 209 g/mol. The molecule has 0 aliphatic heterocycles. The number of hydrogen-bond donors (Lipinski definition) is 2. The van der Waals surface area contributed by atoms with Crippen LogP contribution in [0.2, 0.25) is 0 Å². The summed E-state index contributed by atoms with van der Waals surface area (Å²) in [5.74, 6) is -0.384. The molecule has 0 amide bonds. The molecule has 2 rings (SSSR count). The van der Waals surface area contributed by atoms with Crippen LogP contribution in [0.3, 0.4) is 0 Å². The zero-order valence-corrected chi connectivity index (χ0v) is 8.33. The van der Waals surface area contributed by atoms with Gasteiger partial charge in [0, 0.05) is 12.6 Å². The third-order valence-electron chi connectivity index (χ3n) is 1.95. The Morgan fingerprint density at radius 1 is 1.60 bits per heavy atom. The topological polar surface area (TPSA) is 64.1 Å². The van der Waals surface area contributed by atoms with Crippen molar-refractivity contribution in [2.24, 2.45) is 5.73 Å². The molecule has 0 saturated heterocycles. The number of anilines is 1. The zero-order chi connectivity index (χ0) is 10.8. The number of halogens is 1. The van der Waals surface area contributed by atoms with E-state index < -0.39 is 0 Å². The zero-order valence-electron chi connectivity index (χ0n) is 8.33. The Morgan fingerprint density at radius 3 is 3.07 bits per heavy atom. The molecule has 0 aliphatic carbocycles. The predicted octanol–water partition coefficient (Wildman–Crippen LogP) is 1.73. The minimum Gasteiger partial charge on any atom is -0.423 e. The number of fused-ring (bicyclic) bond motifs is 1. The third kappa shape index (κ3) is 2.07. The lowest BCUT2D eigenvalue weighted by Crippen LogP contribution is -2.25. The number of aromatic nitrogens is 1. The van der Waals surface area contributed by atoms with Crippen molar-refractivity contribution in [2.75, 3.05) is 11.9 Å². The summed E-state index contributed by atoms with van der Waals surface area (Å²) < 4.78 is 18.5. The van der Waals surface area contributed by atoms with E-state index >= 15 is 0 Å². The lowest BCUT2D eigenvalue weighted by molar-refractivity contribution is 0.606. The molecule has 1 aromatic carbocycles. The summed E-state index contributed by atoms with van der Waals surface area (Å²) in [5.41, 5.74) is 6.23. The van der Waals surface area contributed by atoms with Gasteiger partial charge in [-0.25, -0.2) is 4.39 Å². The first kappa shape index (κ1) is 9.92. The van der Waals surface area contributed by atoms with Crippen LogP contribution in [0.1, 0.15) is 6.92 Å². The second kappa shape index (κ2) is 3.86. The lowest BCUT2D eigenvalue weighted by Gasteiger charge is -2.03. The quantitative estimate of drug-likeness (QED) is 0.808. The van der Waals surface area contributed by atoms with Gasteiger partial charge in [0.15, 0.2) is 11.4 Å².